The molecule has 0 spiro atoms. The fourth-order valence-electron chi connectivity index (χ4n) is 2.62. The molecule has 0 saturated carbocycles. The number of ether oxygens (including phenoxy) is 1. The van der Waals surface area contributed by atoms with E-state index in [2.05, 4.69) is 14.6 Å². The zero-order valence-electron chi connectivity index (χ0n) is 12.2. The van der Waals surface area contributed by atoms with E-state index in [1.165, 1.54) is 12.5 Å². The minimum Gasteiger partial charge on any atom is -0.506 e. The van der Waals surface area contributed by atoms with E-state index >= 15 is 0 Å². The summed E-state index contributed by atoms with van der Waals surface area (Å²) in [4.78, 5) is 6.27. The Labute approximate surface area is 125 Å². The molecule has 0 amide bonds. The Kier molecular flexibility index (Phi) is 5.02. The molecule has 1 aliphatic heterocycles. The van der Waals surface area contributed by atoms with E-state index in [0.29, 0.717) is 26.1 Å². The lowest BCUT2D eigenvalue weighted by molar-refractivity contribution is 0.128. The minimum atomic E-state index is -3.24. The van der Waals surface area contributed by atoms with Gasteiger partial charge in [-0.3, -0.25) is 0 Å². The van der Waals surface area contributed by atoms with Crippen molar-refractivity contribution < 1.29 is 18.3 Å². The molecule has 21 heavy (non-hydrogen) atoms. The highest BCUT2D eigenvalue weighted by Crippen LogP contribution is 2.23. The van der Waals surface area contributed by atoms with Crippen molar-refractivity contribution in [2.45, 2.75) is 12.5 Å². The Morgan fingerprint density at radius 1 is 1.52 bits per heavy atom. The van der Waals surface area contributed by atoms with E-state index < -0.39 is 10.0 Å². The van der Waals surface area contributed by atoms with Gasteiger partial charge in [0.25, 0.3) is 0 Å². The Morgan fingerprint density at radius 3 is 2.86 bits per heavy atom. The second kappa shape index (κ2) is 6.59. The van der Waals surface area contributed by atoms with Crippen molar-refractivity contribution in [1.29, 1.82) is 0 Å². The zero-order chi connectivity index (χ0) is 15.5. The first-order valence-corrected chi connectivity index (χ1v) is 8.64. The molecule has 1 fully saturated rings. The molecule has 2 heterocycles. The minimum absolute atomic E-state index is 0.0501. The largest absolute Gasteiger partial charge is 0.506 e. The van der Waals surface area contributed by atoms with Gasteiger partial charge in [-0.15, -0.1) is 0 Å². The maximum atomic E-state index is 11.4. The molecule has 2 atom stereocenters. The highest BCUT2D eigenvalue weighted by Gasteiger charge is 2.31. The molecule has 2 unspecified atom stereocenters. The van der Waals surface area contributed by atoms with Crippen LogP contribution in [0.15, 0.2) is 18.3 Å². The molecule has 1 saturated heterocycles. The molecule has 8 heteroatoms. The molecule has 2 N–H and O–H groups in total. The van der Waals surface area contributed by atoms with E-state index in [1.807, 2.05) is 0 Å². The fourth-order valence-corrected chi connectivity index (χ4v) is 3.48. The third kappa shape index (κ3) is 4.55. The molecule has 0 aromatic carbocycles. The van der Waals surface area contributed by atoms with Gasteiger partial charge in [0.1, 0.15) is 11.6 Å². The fraction of sp³-hybridized carbons (Fsp3) is 0.615. The van der Waals surface area contributed by atoms with Crippen LogP contribution in [0.4, 0.5) is 5.82 Å². The maximum absolute atomic E-state index is 11.4. The summed E-state index contributed by atoms with van der Waals surface area (Å²) in [5.74, 6) is 0.946. The molecule has 0 aliphatic carbocycles. The lowest BCUT2D eigenvalue weighted by atomic mass is 9.93. The Morgan fingerprint density at radius 2 is 2.29 bits per heavy atom. The standard InChI is InChI=1S/C13H21N3O4S/c1-20-9-10-8-16(13-4-3-11(17)7-14-13)6-5-12(10)15-21(2,18)19/h3-4,7,10,12,15,17H,5-6,8-9H2,1-2H3. The molecule has 1 aromatic heterocycles. The van der Waals surface area contributed by atoms with Gasteiger partial charge >= 0.3 is 0 Å². The average Bonchev–Trinajstić information content (AvgIpc) is 2.40. The third-order valence-electron chi connectivity index (χ3n) is 3.54. The number of nitrogens with one attached hydrogen (secondary N) is 1. The number of nitrogens with zero attached hydrogens (tertiary/aromatic N) is 2. The molecular weight excluding hydrogens is 294 g/mol. The highest BCUT2D eigenvalue weighted by atomic mass is 32.2. The van der Waals surface area contributed by atoms with E-state index in [1.54, 1.807) is 19.2 Å². The number of rotatable bonds is 5. The Balaban J connectivity index is 2.08. The Bertz CT molecular complexity index is 561. The van der Waals surface area contributed by atoms with Gasteiger partial charge in [-0.1, -0.05) is 0 Å². The van der Waals surface area contributed by atoms with E-state index in [9.17, 15) is 13.5 Å². The number of aromatic hydroxyl groups is 1. The van der Waals surface area contributed by atoms with Crippen molar-refractivity contribution in [3.63, 3.8) is 0 Å². The van der Waals surface area contributed by atoms with Gasteiger partial charge in [-0.05, 0) is 18.6 Å². The van der Waals surface area contributed by atoms with Crippen LogP contribution in [0.2, 0.25) is 0 Å². The SMILES string of the molecule is COCC1CN(c2ccc(O)cn2)CCC1NS(C)(=O)=O. The van der Waals surface area contributed by atoms with Crippen LogP contribution >= 0.6 is 0 Å². The third-order valence-corrected chi connectivity index (χ3v) is 4.27. The van der Waals surface area contributed by atoms with E-state index in [-0.39, 0.29) is 17.7 Å². The molecule has 1 aliphatic rings. The number of methoxy groups -OCH3 is 1. The van der Waals surface area contributed by atoms with Crippen molar-refractivity contribution in [3.8, 4) is 5.75 Å². The number of sulfonamides is 1. The van der Waals surface area contributed by atoms with Crippen LogP contribution < -0.4 is 9.62 Å². The van der Waals surface area contributed by atoms with Crippen LogP contribution in [-0.2, 0) is 14.8 Å². The summed E-state index contributed by atoms with van der Waals surface area (Å²) in [5.41, 5.74) is 0. The van der Waals surface area contributed by atoms with E-state index in [0.717, 1.165) is 5.82 Å². The van der Waals surface area contributed by atoms with Crippen LogP contribution in [0.5, 0.6) is 5.75 Å². The second-order valence-corrected chi connectivity index (χ2v) is 7.10. The molecular formula is C13H21N3O4S. The van der Waals surface area contributed by atoms with Gasteiger partial charge in [0.05, 0.1) is 19.1 Å². The smallest absolute Gasteiger partial charge is 0.208 e. The van der Waals surface area contributed by atoms with Gasteiger partial charge < -0.3 is 14.7 Å². The summed E-state index contributed by atoms with van der Waals surface area (Å²) in [6.45, 7) is 1.83. The van der Waals surface area contributed by atoms with Crippen molar-refractivity contribution in [2.24, 2.45) is 5.92 Å². The topological polar surface area (TPSA) is 91.8 Å². The first kappa shape index (κ1) is 16.0. The van der Waals surface area contributed by atoms with Crippen molar-refractivity contribution in [1.82, 2.24) is 9.71 Å². The van der Waals surface area contributed by atoms with Crippen molar-refractivity contribution >= 4 is 15.8 Å². The van der Waals surface area contributed by atoms with Crippen LogP contribution in [0.3, 0.4) is 0 Å². The molecule has 118 valence electrons. The summed E-state index contributed by atoms with van der Waals surface area (Å²) < 4.78 is 30.8. The summed E-state index contributed by atoms with van der Waals surface area (Å²) in [6, 6.07) is 3.21. The number of hydrogen-bond acceptors (Lipinski definition) is 6. The zero-order valence-corrected chi connectivity index (χ0v) is 13.0. The lowest BCUT2D eigenvalue weighted by Gasteiger charge is -2.38. The number of piperidine rings is 1. The molecule has 0 bridgehead atoms. The number of anilines is 1. The summed E-state index contributed by atoms with van der Waals surface area (Å²) in [5, 5.41) is 9.28. The van der Waals surface area contributed by atoms with Crippen molar-refractivity contribution in [3.05, 3.63) is 18.3 Å². The predicted octanol–water partition coefficient (Wildman–Crippen LogP) is 0.178. The van der Waals surface area contributed by atoms with Gasteiger partial charge in [0.15, 0.2) is 0 Å². The monoisotopic (exact) mass is 315 g/mol. The van der Waals surface area contributed by atoms with Crippen LogP contribution in [-0.4, -0.2) is 57.6 Å². The molecule has 2 rings (SSSR count). The quantitative estimate of drug-likeness (QED) is 0.805. The van der Waals surface area contributed by atoms with Gasteiger partial charge in [0, 0.05) is 32.2 Å². The number of hydrogen-bond donors (Lipinski definition) is 2. The first-order chi connectivity index (χ1) is 9.89. The van der Waals surface area contributed by atoms with Crippen molar-refractivity contribution in [2.75, 3.05) is 38.0 Å². The summed E-state index contributed by atoms with van der Waals surface area (Å²) >= 11 is 0. The first-order valence-electron chi connectivity index (χ1n) is 6.75. The maximum Gasteiger partial charge on any atom is 0.208 e. The Hall–Kier alpha value is -1.38. The predicted molar refractivity (Wildman–Crippen MR) is 79.9 cm³/mol. The van der Waals surface area contributed by atoms with Crippen LogP contribution in [0.1, 0.15) is 6.42 Å². The molecule has 0 radical (unpaired) electrons. The van der Waals surface area contributed by atoms with Gasteiger partial charge in [-0.25, -0.2) is 18.1 Å². The van der Waals surface area contributed by atoms with Crippen LogP contribution in [0.25, 0.3) is 0 Å². The molecule has 1 aromatic rings. The number of aromatic nitrogens is 1. The number of pyridine rings is 1. The van der Waals surface area contributed by atoms with Crippen LogP contribution in [0, 0.1) is 5.92 Å². The summed E-state index contributed by atoms with van der Waals surface area (Å²) in [7, 11) is -1.63. The lowest BCUT2D eigenvalue weighted by Crippen LogP contribution is -2.52. The van der Waals surface area contributed by atoms with E-state index in [4.69, 9.17) is 4.74 Å². The second-order valence-electron chi connectivity index (χ2n) is 5.32. The average molecular weight is 315 g/mol. The molecule has 7 nitrogen and oxygen atoms in total. The normalized spacial score (nSPS) is 23.2. The van der Waals surface area contributed by atoms with Gasteiger partial charge in [-0.2, -0.15) is 0 Å². The summed E-state index contributed by atoms with van der Waals surface area (Å²) in [6.07, 6.45) is 3.26. The van der Waals surface area contributed by atoms with Gasteiger partial charge in [0.2, 0.25) is 10.0 Å². The highest BCUT2D eigenvalue weighted by molar-refractivity contribution is 7.88.